The van der Waals surface area contributed by atoms with Crippen LogP contribution in [-0.2, 0) is 19.6 Å². The average molecular weight is 544 g/mol. The second-order valence-electron chi connectivity index (χ2n) is 9.55. The Morgan fingerprint density at radius 2 is 1.89 bits per heavy atom. The lowest BCUT2D eigenvalue weighted by Gasteiger charge is -2.37. The van der Waals surface area contributed by atoms with E-state index in [2.05, 4.69) is 21.6 Å². The molecule has 194 valence electrons. The van der Waals surface area contributed by atoms with Crippen LogP contribution in [0.5, 0.6) is 0 Å². The van der Waals surface area contributed by atoms with E-state index in [0.717, 1.165) is 51.0 Å². The molecule has 3 saturated heterocycles. The molecule has 2 amide bonds. The number of hydrogen-bond donors (Lipinski definition) is 1. The zero-order valence-corrected chi connectivity index (χ0v) is 22.5. The second kappa shape index (κ2) is 11.7. The minimum Gasteiger partial charge on any atom is -0.337 e. The van der Waals surface area contributed by atoms with Crippen LogP contribution in [0, 0.1) is 0 Å². The molecule has 1 aromatic rings. The molecule has 0 spiro atoms. The Kier molecular flexibility index (Phi) is 8.88. The average Bonchev–Trinajstić information content (AvgIpc) is 3.45. The Morgan fingerprint density at radius 3 is 2.60 bits per heavy atom. The predicted molar refractivity (Wildman–Crippen MR) is 139 cm³/mol. The fourth-order valence-corrected chi connectivity index (χ4v) is 7.02. The number of rotatable bonds is 8. The van der Waals surface area contributed by atoms with Crippen LogP contribution in [0.2, 0.25) is 4.34 Å². The van der Waals surface area contributed by atoms with Crippen LogP contribution in [0.4, 0.5) is 0 Å². The molecule has 4 heterocycles. The molecule has 3 aliphatic heterocycles. The zero-order valence-electron chi connectivity index (χ0n) is 20.1. The van der Waals surface area contributed by atoms with Gasteiger partial charge in [-0.05, 0) is 50.9 Å². The van der Waals surface area contributed by atoms with E-state index in [1.807, 2.05) is 4.90 Å². The van der Waals surface area contributed by atoms with Crippen LogP contribution < -0.4 is 4.72 Å². The number of sulfonamides is 1. The molecule has 35 heavy (non-hydrogen) atoms. The number of piperazine rings is 1. The molecule has 1 aromatic heterocycles. The Hall–Kier alpha value is -1.50. The van der Waals surface area contributed by atoms with Gasteiger partial charge in [0.05, 0.1) is 10.9 Å². The number of hydrogen-bond acceptors (Lipinski definition) is 7. The number of likely N-dealkylation sites (N-methyl/N-ethyl adjacent to an activating group) is 1. The lowest BCUT2D eigenvalue weighted by atomic mass is 10.1. The molecule has 1 N–H and O–H groups in total. The third-order valence-corrected chi connectivity index (χ3v) is 9.23. The van der Waals surface area contributed by atoms with Crippen molar-refractivity contribution in [1.29, 1.82) is 0 Å². The summed E-state index contributed by atoms with van der Waals surface area (Å²) in [5.41, 5.74) is 0. The summed E-state index contributed by atoms with van der Waals surface area (Å²) in [6.45, 7) is 6.14. The van der Waals surface area contributed by atoms with Crippen LogP contribution in [0.1, 0.15) is 30.6 Å². The first kappa shape index (κ1) is 26.6. The van der Waals surface area contributed by atoms with Crippen LogP contribution in [0.15, 0.2) is 17.5 Å². The fourth-order valence-electron chi connectivity index (χ4n) is 4.96. The lowest BCUT2D eigenvalue weighted by Crippen LogP contribution is -2.55. The normalized spacial score (nSPS) is 25.1. The van der Waals surface area contributed by atoms with Gasteiger partial charge in [0, 0.05) is 62.1 Å². The van der Waals surface area contributed by atoms with E-state index in [9.17, 15) is 18.0 Å². The number of piperidine rings is 1. The molecule has 0 saturated carbocycles. The molecule has 12 heteroatoms. The molecule has 0 radical (unpaired) electrons. The summed E-state index contributed by atoms with van der Waals surface area (Å²) in [6, 6.07) is 2.74. The third-order valence-electron chi connectivity index (χ3n) is 6.93. The molecule has 3 aliphatic rings. The molecule has 4 rings (SSSR count). The molecule has 3 fully saturated rings. The molecule has 9 nitrogen and oxygen atoms in total. The van der Waals surface area contributed by atoms with Crippen molar-refractivity contribution in [3.05, 3.63) is 26.8 Å². The number of nitrogens with one attached hydrogen (secondary N) is 1. The third kappa shape index (κ3) is 7.27. The van der Waals surface area contributed by atoms with Gasteiger partial charge in [-0.3, -0.25) is 14.5 Å². The Labute approximate surface area is 216 Å². The summed E-state index contributed by atoms with van der Waals surface area (Å²) in [7, 11) is -1.69. The zero-order chi connectivity index (χ0) is 25.0. The standard InChI is InChI=1S/C23H34ClN5O4S2/c1-26-11-13-27(14-12-26)16-18-4-2-10-29(18)22(30)17-28-9-3-5-20(23(28)31)25-35(32,33)15-8-19-6-7-21(24)34-19/h6-8,15,18,20,25H,2-5,9-14,16-17H2,1H3/b15-8+/t18-,20-/m0/s1. The predicted octanol–water partition coefficient (Wildman–Crippen LogP) is 1.52. The van der Waals surface area contributed by atoms with E-state index in [1.165, 1.54) is 22.3 Å². The first-order chi connectivity index (χ1) is 16.7. The fraction of sp³-hybridized carbons (Fsp3) is 0.652. The first-order valence-electron chi connectivity index (χ1n) is 12.1. The van der Waals surface area contributed by atoms with Crippen molar-refractivity contribution in [2.75, 3.05) is 59.4 Å². The van der Waals surface area contributed by atoms with Crippen molar-refractivity contribution >= 4 is 50.9 Å². The monoisotopic (exact) mass is 543 g/mol. The Bertz CT molecular complexity index is 1040. The molecule has 0 aromatic carbocycles. The molecule has 0 unspecified atom stereocenters. The lowest BCUT2D eigenvalue weighted by molar-refractivity contribution is -0.143. The van der Waals surface area contributed by atoms with E-state index in [4.69, 9.17) is 11.6 Å². The van der Waals surface area contributed by atoms with E-state index in [1.54, 1.807) is 12.1 Å². The van der Waals surface area contributed by atoms with E-state index < -0.39 is 16.1 Å². The van der Waals surface area contributed by atoms with Gasteiger partial charge in [0.15, 0.2) is 0 Å². The highest BCUT2D eigenvalue weighted by atomic mass is 35.5. The summed E-state index contributed by atoms with van der Waals surface area (Å²) in [5, 5.41) is 1.06. The van der Waals surface area contributed by atoms with E-state index in [-0.39, 0.29) is 24.4 Å². The van der Waals surface area contributed by atoms with Crippen LogP contribution in [0.3, 0.4) is 0 Å². The van der Waals surface area contributed by atoms with Gasteiger partial charge in [-0.1, -0.05) is 11.6 Å². The van der Waals surface area contributed by atoms with Crippen molar-refractivity contribution in [2.24, 2.45) is 0 Å². The van der Waals surface area contributed by atoms with Gasteiger partial charge in [-0.2, -0.15) is 4.72 Å². The molecule has 2 atom stereocenters. The van der Waals surface area contributed by atoms with Crippen molar-refractivity contribution in [3.8, 4) is 0 Å². The van der Waals surface area contributed by atoms with Crippen molar-refractivity contribution < 1.29 is 18.0 Å². The molecular weight excluding hydrogens is 510 g/mol. The largest absolute Gasteiger partial charge is 0.337 e. The van der Waals surface area contributed by atoms with E-state index in [0.29, 0.717) is 35.1 Å². The summed E-state index contributed by atoms with van der Waals surface area (Å²) in [5.74, 6) is -0.386. The number of thiophene rings is 1. The van der Waals surface area contributed by atoms with Gasteiger partial charge < -0.3 is 14.7 Å². The highest BCUT2D eigenvalue weighted by molar-refractivity contribution is 7.92. The maximum absolute atomic E-state index is 13.2. The number of carbonyl (C=O) groups is 2. The van der Waals surface area contributed by atoms with Crippen LogP contribution in [0.25, 0.3) is 6.08 Å². The van der Waals surface area contributed by atoms with Crippen LogP contribution in [-0.4, -0.2) is 111 Å². The van der Waals surface area contributed by atoms with Gasteiger partial charge in [-0.15, -0.1) is 11.3 Å². The van der Waals surface area contributed by atoms with E-state index >= 15 is 0 Å². The number of amides is 2. The highest BCUT2D eigenvalue weighted by Crippen LogP contribution is 2.23. The Balaban J connectivity index is 1.31. The number of nitrogens with zero attached hydrogens (tertiary/aromatic N) is 4. The van der Waals surface area contributed by atoms with Crippen molar-refractivity contribution in [2.45, 2.75) is 37.8 Å². The van der Waals surface area contributed by atoms with Gasteiger partial charge >= 0.3 is 0 Å². The van der Waals surface area contributed by atoms with Gasteiger partial charge in [0.2, 0.25) is 21.8 Å². The summed E-state index contributed by atoms with van der Waals surface area (Å²) in [6.07, 6.45) is 4.47. The summed E-state index contributed by atoms with van der Waals surface area (Å²) in [4.78, 5) is 35.1. The minimum absolute atomic E-state index is 0.000166. The smallest absolute Gasteiger partial charge is 0.242 e. The van der Waals surface area contributed by atoms with Gasteiger partial charge in [0.25, 0.3) is 0 Å². The van der Waals surface area contributed by atoms with Crippen molar-refractivity contribution in [1.82, 2.24) is 24.3 Å². The minimum atomic E-state index is -3.82. The number of halogens is 1. The quantitative estimate of drug-likeness (QED) is 0.534. The molecule has 0 aliphatic carbocycles. The SMILES string of the molecule is CN1CCN(C[C@@H]2CCCN2C(=O)CN2CCC[C@H](NS(=O)(=O)/C=C/c3ccc(Cl)s3)C2=O)CC1. The topological polar surface area (TPSA) is 93.3 Å². The van der Waals surface area contributed by atoms with Crippen molar-refractivity contribution in [3.63, 3.8) is 0 Å². The summed E-state index contributed by atoms with van der Waals surface area (Å²) < 4.78 is 28.1. The first-order valence-corrected chi connectivity index (χ1v) is 14.9. The number of likely N-dealkylation sites (tertiary alicyclic amines) is 2. The second-order valence-corrected chi connectivity index (χ2v) is 12.9. The summed E-state index contributed by atoms with van der Waals surface area (Å²) >= 11 is 7.16. The maximum Gasteiger partial charge on any atom is 0.242 e. The van der Waals surface area contributed by atoms with Crippen LogP contribution >= 0.6 is 22.9 Å². The highest BCUT2D eigenvalue weighted by Gasteiger charge is 2.36. The van der Waals surface area contributed by atoms with Gasteiger partial charge in [-0.25, -0.2) is 8.42 Å². The molecule has 0 bridgehead atoms. The maximum atomic E-state index is 13.2. The Morgan fingerprint density at radius 1 is 1.14 bits per heavy atom. The van der Waals surface area contributed by atoms with Gasteiger partial charge in [0.1, 0.15) is 6.04 Å². The molecular formula is C23H34ClN5O4S2. The number of carbonyl (C=O) groups excluding carboxylic acids is 2.